The molecule has 0 unspecified atom stereocenters. The van der Waals surface area contributed by atoms with Gasteiger partial charge in [-0.05, 0) is 19.9 Å². The number of hydrogen-bond donors (Lipinski definition) is 0. The lowest BCUT2D eigenvalue weighted by Gasteiger charge is -2.28. The lowest BCUT2D eigenvalue weighted by atomic mass is 10.1. The first-order chi connectivity index (χ1) is 6.79. The smallest absolute Gasteiger partial charge is 0.0737 e. The Morgan fingerprint density at radius 2 is 2.07 bits per heavy atom. The topological polar surface area (TPSA) is 12.5 Å². The van der Waals surface area contributed by atoms with Gasteiger partial charge in [0.25, 0.3) is 0 Å². The first-order valence-corrected chi connectivity index (χ1v) is 5.21. The largest absolute Gasteiger partial charge is 0.375 e. The fraction of sp³-hybridized carbons (Fsp3) is 0.500. The lowest BCUT2D eigenvalue weighted by molar-refractivity contribution is 0.132. The molecule has 0 N–H and O–H groups in total. The molecule has 0 saturated carbocycles. The second-order valence-corrected chi connectivity index (χ2v) is 3.97. The van der Waals surface area contributed by atoms with Gasteiger partial charge in [-0.25, -0.2) is 0 Å². The number of ether oxygens (including phenoxy) is 1. The zero-order valence-corrected chi connectivity index (χ0v) is 8.86. The first kappa shape index (κ1) is 9.53. The van der Waals surface area contributed by atoms with E-state index in [1.54, 1.807) is 0 Å². The molecule has 0 bridgehead atoms. The minimum Gasteiger partial charge on any atom is -0.375 e. The quantitative estimate of drug-likeness (QED) is 0.676. The summed E-state index contributed by atoms with van der Waals surface area (Å²) in [6.45, 7) is 7.02. The van der Waals surface area contributed by atoms with Gasteiger partial charge in [-0.2, -0.15) is 0 Å². The molecule has 1 aromatic carbocycles. The summed E-state index contributed by atoms with van der Waals surface area (Å²) in [6, 6.07) is 9.05. The maximum atomic E-state index is 5.56. The predicted octanol–water partition coefficient (Wildman–Crippen LogP) is 2.43. The van der Waals surface area contributed by atoms with Crippen molar-refractivity contribution in [1.82, 2.24) is 0 Å². The molecular weight excluding hydrogens is 174 g/mol. The number of hydrogen-bond acceptors (Lipinski definition) is 2. The van der Waals surface area contributed by atoms with E-state index in [2.05, 4.69) is 43.0 Å². The number of para-hydroxylation sites is 1. The van der Waals surface area contributed by atoms with Crippen LogP contribution in [0.4, 0.5) is 5.69 Å². The second-order valence-electron chi connectivity index (χ2n) is 3.97. The van der Waals surface area contributed by atoms with Crippen molar-refractivity contribution in [2.24, 2.45) is 0 Å². The van der Waals surface area contributed by atoms with E-state index in [0.29, 0.717) is 6.04 Å². The SMILES string of the molecule is CC(C)N1CCOCc2ccccc21. The average molecular weight is 191 g/mol. The van der Waals surface area contributed by atoms with Gasteiger partial charge in [0.2, 0.25) is 0 Å². The van der Waals surface area contributed by atoms with Crippen molar-refractivity contribution in [2.45, 2.75) is 26.5 Å². The van der Waals surface area contributed by atoms with Gasteiger partial charge >= 0.3 is 0 Å². The summed E-state index contributed by atoms with van der Waals surface area (Å²) in [5.41, 5.74) is 2.64. The lowest BCUT2D eigenvalue weighted by Crippen LogP contribution is -2.32. The Hall–Kier alpha value is -1.02. The van der Waals surface area contributed by atoms with Crippen molar-refractivity contribution >= 4 is 5.69 Å². The number of benzene rings is 1. The highest BCUT2D eigenvalue weighted by Gasteiger charge is 2.16. The van der Waals surface area contributed by atoms with Crippen molar-refractivity contribution in [1.29, 1.82) is 0 Å². The van der Waals surface area contributed by atoms with E-state index in [1.807, 2.05) is 0 Å². The zero-order chi connectivity index (χ0) is 9.97. The summed E-state index contributed by atoms with van der Waals surface area (Å²) in [4.78, 5) is 2.41. The Balaban J connectivity index is 2.37. The van der Waals surface area contributed by atoms with Crippen molar-refractivity contribution in [3.8, 4) is 0 Å². The van der Waals surface area contributed by atoms with Crippen molar-refractivity contribution < 1.29 is 4.74 Å². The van der Waals surface area contributed by atoms with E-state index in [-0.39, 0.29) is 0 Å². The van der Waals surface area contributed by atoms with E-state index in [9.17, 15) is 0 Å². The monoisotopic (exact) mass is 191 g/mol. The van der Waals surface area contributed by atoms with Crippen LogP contribution in [0.25, 0.3) is 0 Å². The van der Waals surface area contributed by atoms with Gasteiger partial charge in [-0.1, -0.05) is 18.2 Å². The van der Waals surface area contributed by atoms with Crippen molar-refractivity contribution in [3.05, 3.63) is 29.8 Å². The maximum Gasteiger partial charge on any atom is 0.0737 e. The van der Waals surface area contributed by atoms with E-state index in [4.69, 9.17) is 4.74 Å². The molecule has 0 amide bonds. The van der Waals surface area contributed by atoms with Crippen LogP contribution in [-0.2, 0) is 11.3 Å². The standard InChI is InChI=1S/C12H17NO/c1-10(2)13-7-8-14-9-11-5-3-4-6-12(11)13/h3-6,10H,7-9H2,1-2H3. The van der Waals surface area contributed by atoms with Gasteiger partial charge in [0, 0.05) is 23.8 Å². The summed E-state index contributed by atoms with van der Waals surface area (Å²) in [5.74, 6) is 0. The van der Waals surface area contributed by atoms with Gasteiger partial charge in [-0.3, -0.25) is 0 Å². The highest BCUT2D eigenvalue weighted by molar-refractivity contribution is 5.54. The van der Waals surface area contributed by atoms with Crippen LogP contribution in [0.5, 0.6) is 0 Å². The van der Waals surface area contributed by atoms with Crippen LogP contribution in [0.1, 0.15) is 19.4 Å². The third-order valence-corrected chi connectivity index (χ3v) is 2.66. The molecule has 0 atom stereocenters. The van der Waals surface area contributed by atoms with Gasteiger partial charge in [0.15, 0.2) is 0 Å². The minimum absolute atomic E-state index is 0.540. The molecule has 0 fully saturated rings. The number of nitrogens with zero attached hydrogens (tertiary/aromatic N) is 1. The first-order valence-electron chi connectivity index (χ1n) is 5.21. The van der Waals surface area contributed by atoms with E-state index in [1.165, 1.54) is 11.3 Å². The van der Waals surface area contributed by atoms with Gasteiger partial charge in [0.1, 0.15) is 0 Å². The van der Waals surface area contributed by atoms with Crippen LogP contribution >= 0.6 is 0 Å². The number of rotatable bonds is 1. The van der Waals surface area contributed by atoms with Crippen molar-refractivity contribution in [3.63, 3.8) is 0 Å². The van der Waals surface area contributed by atoms with Gasteiger partial charge in [-0.15, -0.1) is 0 Å². The fourth-order valence-electron chi connectivity index (χ4n) is 1.91. The Bertz CT molecular complexity index is 309. The summed E-state index contributed by atoms with van der Waals surface area (Å²) >= 11 is 0. The summed E-state index contributed by atoms with van der Waals surface area (Å²) in [5, 5.41) is 0. The third kappa shape index (κ3) is 1.75. The molecule has 2 rings (SSSR count). The van der Waals surface area contributed by atoms with Crippen LogP contribution in [-0.4, -0.2) is 19.2 Å². The molecule has 2 heteroatoms. The summed E-state index contributed by atoms with van der Waals surface area (Å²) < 4.78 is 5.56. The Morgan fingerprint density at radius 1 is 1.29 bits per heavy atom. The summed E-state index contributed by atoms with van der Waals surface area (Å²) in [6.07, 6.45) is 0. The molecule has 1 aliphatic rings. The summed E-state index contributed by atoms with van der Waals surface area (Å²) in [7, 11) is 0. The third-order valence-electron chi connectivity index (χ3n) is 2.66. The molecule has 0 spiro atoms. The van der Waals surface area contributed by atoms with Crippen LogP contribution in [0.3, 0.4) is 0 Å². The number of fused-ring (bicyclic) bond motifs is 1. The van der Waals surface area contributed by atoms with Crippen molar-refractivity contribution in [2.75, 3.05) is 18.1 Å². The number of anilines is 1. The molecule has 0 saturated heterocycles. The van der Waals surface area contributed by atoms with Gasteiger partial charge in [0.05, 0.1) is 13.2 Å². The highest BCUT2D eigenvalue weighted by Crippen LogP contribution is 2.25. The molecule has 1 aromatic rings. The Morgan fingerprint density at radius 3 is 2.86 bits per heavy atom. The molecule has 0 aliphatic carbocycles. The molecule has 0 aromatic heterocycles. The van der Waals surface area contributed by atoms with E-state index < -0.39 is 0 Å². The zero-order valence-electron chi connectivity index (χ0n) is 8.86. The predicted molar refractivity (Wildman–Crippen MR) is 58.6 cm³/mol. The molecule has 2 nitrogen and oxygen atoms in total. The molecule has 1 aliphatic heterocycles. The highest BCUT2D eigenvalue weighted by atomic mass is 16.5. The van der Waals surface area contributed by atoms with E-state index >= 15 is 0 Å². The van der Waals surface area contributed by atoms with Crippen LogP contribution in [0, 0.1) is 0 Å². The van der Waals surface area contributed by atoms with E-state index in [0.717, 1.165) is 19.8 Å². The van der Waals surface area contributed by atoms with Crippen LogP contribution in [0.15, 0.2) is 24.3 Å². The Kier molecular flexibility index (Phi) is 2.73. The second kappa shape index (κ2) is 4.01. The molecule has 76 valence electrons. The van der Waals surface area contributed by atoms with Gasteiger partial charge < -0.3 is 9.64 Å². The fourth-order valence-corrected chi connectivity index (χ4v) is 1.91. The maximum absolute atomic E-state index is 5.56. The molecular formula is C12H17NO. The minimum atomic E-state index is 0.540. The molecule has 1 heterocycles. The molecule has 14 heavy (non-hydrogen) atoms. The van der Waals surface area contributed by atoms with Crippen LogP contribution < -0.4 is 4.90 Å². The average Bonchev–Trinajstić information content (AvgIpc) is 2.39. The normalized spacial score (nSPS) is 16.6. The Labute approximate surface area is 85.5 Å². The van der Waals surface area contributed by atoms with Crippen LogP contribution in [0.2, 0.25) is 0 Å². The molecule has 0 radical (unpaired) electrons.